The molecule has 0 amide bonds. The Hall–Kier alpha value is -2.41. The molecular formula is C15H14BrN3O3. The third kappa shape index (κ3) is 4.05. The van der Waals surface area contributed by atoms with Crippen LogP contribution in [0.5, 0.6) is 0 Å². The molecule has 0 aliphatic carbocycles. The van der Waals surface area contributed by atoms with E-state index >= 15 is 0 Å². The van der Waals surface area contributed by atoms with Gasteiger partial charge in [0.15, 0.2) is 0 Å². The first-order valence-corrected chi connectivity index (χ1v) is 7.37. The Labute approximate surface area is 136 Å². The summed E-state index contributed by atoms with van der Waals surface area (Å²) >= 11 is 3.21. The van der Waals surface area contributed by atoms with Gasteiger partial charge in [0.25, 0.3) is 5.69 Å². The molecule has 7 heteroatoms. The fraction of sp³-hybridized carbons (Fsp3) is 0.133. The number of hydrogen-bond donors (Lipinski definition) is 1. The minimum absolute atomic E-state index is 0.0676. The number of nitrogens with one attached hydrogen (secondary N) is 1. The summed E-state index contributed by atoms with van der Waals surface area (Å²) in [5.74, 6) is 0.375. The van der Waals surface area contributed by atoms with Crippen molar-refractivity contribution in [2.45, 2.75) is 6.92 Å². The van der Waals surface area contributed by atoms with E-state index in [1.807, 2.05) is 37.3 Å². The summed E-state index contributed by atoms with van der Waals surface area (Å²) in [5.41, 5.74) is 3.72. The standard InChI is InChI=1S/C15H14BrN3O3/c1-2-22-15(11-6-4-3-5-7-11)18-17-13-9-8-12(16)10-14(13)19(20)21/h3-10,17H,2H2,1H3/b18-15-. The molecule has 114 valence electrons. The van der Waals surface area contributed by atoms with Gasteiger partial charge in [-0.3, -0.25) is 15.5 Å². The van der Waals surface area contributed by atoms with Crippen LogP contribution in [-0.2, 0) is 4.74 Å². The lowest BCUT2D eigenvalue weighted by atomic mass is 10.2. The van der Waals surface area contributed by atoms with Gasteiger partial charge in [0, 0.05) is 16.1 Å². The quantitative estimate of drug-likeness (QED) is 0.374. The van der Waals surface area contributed by atoms with Crippen LogP contribution < -0.4 is 5.43 Å². The Morgan fingerprint density at radius 2 is 2.05 bits per heavy atom. The van der Waals surface area contributed by atoms with Gasteiger partial charge < -0.3 is 4.74 Å². The van der Waals surface area contributed by atoms with Crippen LogP contribution in [-0.4, -0.2) is 17.4 Å². The molecule has 0 unspecified atom stereocenters. The maximum atomic E-state index is 11.1. The van der Waals surface area contributed by atoms with Gasteiger partial charge in [-0.25, -0.2) is 0 Å². The third-order valence-corrected chi connectivity index (χ3v) is 3.23. The second kappa shape index (κ2) is 7.56. The summed E-state index contributed by atoms with van der Waals surface area (Å²) in [6, 6.07) is 14.0. The van der Waals surface area contributed by atoms with Crippen molar-refractivity contribution in [3.8, 4) is 0 Å². The molecule has 1 N–H and O–H groups in total. The molecule has 0 heterocycles. The van der Waals surface area contributed by atoms with Gasteiger partial charge in [0.05, 0.1) is 11.5 Å². The van der Waals surface area contributed by atoms with Gasteiger partial charge in [0.2, 0.25) is 5.90 Å². The first kappa shape index (κ1) is 16.0. The topological polar surface area (TPSA) is 76.8 Å². The predicted octanol–water partition coefficient (Wildman–Crippen LogP) is 4.17. The molecule has 0 saturated heterocycles. The molecule has 0 spiro atoms. The van der Waals surface area contributed by atoms with Gasteiger partial charge in [-0.15, -0.1) is 5.10 Å². The normalized spacial score (nSPS) is 11.1. The highest BCUT2D eigenvalue weighted by atomic mass is 79.9. The summed E-state index contributed by atoms with van der Waals surface area (Å²) in [6.07, 6.45) is 0. The molecule has 2 aromatic carbocycles. The second-order valence-electron chi connectivity index (χ2n) is 4.25. The Balaban J connectivity index is 2.30. The van der Waals surface area contributed by atoms with Crippen molar-refractivity contribution in [3.63, 3.8) is 0 Å². The van der Waals surface area contributed by atoms with E-state index < -0.39 is 4.92 Å². The Kier molecular flexibility index (Phi) is 5.48. The minimum Gasteiger partial charge on any atom is -0.477 e. The van der Waals surface area contributed by atoms with Crippen LogP contribution in [0.4, 0.5) is 11.4 Å². The van der Waals surface area contributed by atoms with Crippen molar-refractivity contribution in [2.24, 2.45) is 5.10 Å². The maximum absolute atomic E-state index is 11.1. The Bertz CT molecular complexity index is 690. The third-order valence-electron chi connectivity index (χ3n) is 2.74. The number of nitro benzene ring substituents is 1. The number of hydrogen-bond acceptors (Lipinski definition) is 5. The fourth-order valence-electron chi connectivity index (χ4n) is 1.76. The van der Waals surface area contributed by atoms with Crippen molar-refractivity contribution in [3.05, 3.63) is 68.7 Å². The molecule has 2 rings (SSSR count). The Morgan fingerprint density at radius 1 is 1.32 bits per heavy atom. The second-order valence-corrected chi connectivity index (χ2v) is 5.16. The number of rotatable bonds is 5. The van der Waals surface area contributed by atoms with E-state index in [1.165, 1.54) is 6.07 Å². The lowest BCUT2D eigenvalue weighted by molar-refractivity contribution is -0.384. The number of benzene rings is 2. The van der Waals surface area contributed by atoms with Gasteiger partial charge in [-0.2, -0.15) is 0 Å². The van der Waals surface area contributed by atoms with Crippen LogP contribution in [0.25, 0.3) is 0 Å². The van der Waals surface area contributed by atoms with Crippen molar-refractivity contribution in [1.29, 1.82) is 0 Å². The summed E-state index contributed by atoms with van der Waals surface area (Å²) in [7, 11) is 0. The van der Waals surface area contributed by atoms with Crippen LogP contribution in [0.1, 0.15) is 12.5 Å². The fourth-order valence-corrected chi connectivity index (χ4v) is 2.11. The smallest absolute Gasteiger partial charge is 0.295 e. The van der Waals surface area contributed by atoms with E-state index in [1.54, 1.807) is 12.1 Å². The average molecular weight is 364 g/mol. The highest BCUT2D eigenvalue weighted by molar-refractivity contribution is 9.10. The molecule has 0 radical (unpaired) electrons. The van der Waals surface area contributed by atoms with E-state index in [0.29, 0.717) is 22.7 Å². The minimum atomic E-state index is -0.467. The first-order chi connectivity index (χ1) is 10.6. The van der Waals surface area contributed by atoms with Crippen LogP contribution >= 0.6 is 15.9 Å². The molecular weight excluding hydrogens is 350 g/mol. The molecule has 0 bridgehead atoms. The molecule has 6 nitrogen and oxygen atoms in total. The van der Waals surface area contributed by atoms with Gasteiger partial charge in [0.1, 0.15) is 5.69 Å². The van der Waals surface area contributed by atoms with Crippen molar-refractivity contribution in [1.82, 2.24) is 0 Å². The van der Waals surface area contributed by atoms with Crippen LogP contribution in [0.3, 0.4) is 0 Å². The zero-order chi connectivity index (χ0) is 15.9. The first-order valence-electron chi connectivity index (χ1n) is 6.57. The molecule has 22 heavy (non-hydrogen) atoms. The number of ether oxygens (including phenoxy) is 1. The number of hydrazone groups is 1. The summed E-state index contributed by atoms with van der Waals surface area (Å²) < 4.78 is 6.11. The van der Waals surface area contributed by atoms with Crippen molar-refractivity contribution >= 4 is 33.2 Å². The number of nitrogens with zero attached hydrogens (tertiary/aromatic N) is 2. The summed E-state index contributed by atoms with van der Waals surface area (Å²) in [4.78, 5) is 10.6. The Morgan fingerprint density at radius 3 is 2.68 bits per heavy atom. The van der Waals surface area contributed by atoms with Crippen LogP contribution in [0.2, 0.25) is 0 Å². The van der Waals surface area contributed by atoms with Gasteiger partial charge >= 0.3 is 0 Å². The number of halogens is 1. The molecule has 0 aliphatic rings. The zero-order valence-corrected chi connectivity index (χ0v) is 13.4. The lowest BCUT2D eigenvalue weighted by Gasteiger charge is -2.08. The molecule has 0 atom stereocenters. The molecule has 0 aromatic heterocycles. The number of anilines is 1. The van der Waals surface area contributed by atoms with Crippen molar-refractivity contribution < 1.29 is 9.66 Å². The van der Waals surface area contributed by atoms with E-state index in [0.717, 1.165) is 5.56 Å². The molecule has 2 aromatic rings. The van der Waals surface area contributed by atoms with Crippen molar-refractivity contribution in [2.75, 3.05) is 12.0 Å². The zero-order valence-electron chi connectivity index (χ0n) is 11.8. The van der Waals surface area contributed by atoms with Crippen LogP contribution in [0.15, 0.2) is 58.1 Å². The van der Waals surface area contributed by atoms with E-state index in [4.69, 9.17) is 4.74 Å². The molecule has 0 fully saturated rings. The SMILES string of the molecule is CCO/C(=N\Nc1ccc(Br)cc1[N+](=O)[O-])c1ccccc1. The summed E-state index contributed by atoms with van der Waals surface area (Å²) in [6.45, 7) is 2.29. The largest absolute Gasteiger partial charge is 0.477 e. The summed E-state index contributed by atoms with van der Waals surface area (Å²) in [5, 5.41) is 15.2. The highest BCUT2D eigenvalue weighted by Crippen LogP contribution is 2.28. The molecule has 0 saturated carbocycles. The van der Waals surface area contributed by atoms with Gasteiger partial charge in [-0.1, -0.05) is 34.1 Å². The lowest BCUT2D eigenvalue weighted by Crippen LogP contribution is -2.09. The van der Waals surface area contributed by atoms with E-state index in [9.17, 15) is 10.1 Å². The highest BCUT2D eigenvalue weighted by Gasteiger charge is 2.14. The number of nitro groups is 1. The monoisotopic (exact) mass is 363 g/mol. The van der Waals surface area contributed by atoms with E-state index in [-0.39, 0.29) is 5.69 Å². The predicted molar refractivity (Wildman–Crippen MR) is 89.0 cm³/mol. The van der Waals surface area contributed by atoms with E-state index in [2.05, 4.69) is 26.5 Å². The van der Waals surface area contributed by atoms with Gasteiger partial charge in [-0.05, 0) is 31.2 Å². The maximum Gasteiger partial charge on any atom is 0.295 e. The average Bonchev–Trinajstić information content (AvgIpc) is 2.53. The molecule has 0 aliphatic heterocycles. The van der Waals surface area contributed by atoms with Crippen LogP contribution in [0, 0.1) is 10.1 Å².